The molecule has 1 saturated carbocycles. The molecule has 2 fully saturated rings. The molecule has 2 aliphatic rings. The summed E-state index contributed by atoms with van der Waals surface area (Å²) in [5, 5.41) is 11.0. The summed E-state index contributed by atoms with van der Waals surface area (Å²) in [6.07, 6.45) is 7.05. The van der Waals surface area contributed by atoms with Gasteiger partial charge in [0.1, 0.15) is 11.4 Å². The molecule has 11 heteroatoms. The number of amides is 1. The average molecular weight is 502 g/mol. The largest absolute Gasteiger partial charge is 0.372 e. The van der Waals surface area contributed by atoms with Crippen LogP contribution in [0.2, 0.25) is 0 Å². The Morgan fingerprint density at radius 3 is 2.58 bits per heavy atom. The highest BCUT2D eigenvalue weighted by Crippen LogP contribution is 2.36. The minimum Gasteiger partial charge on any atom is -0.372 e. The lowest BCUT2D eigenvalue weighted by Crippen LogP contribution is -2.45. The summed E-state index contributed by atoms with van der Waals surface area (Å²) in [5.41, 5.74) is 0.185. The fraction of sp³-hybridized carbons (Fsp3) is 0.600. The van der Waals surface area contributed by atoms with E-state index in [9.17, 15) is 13.6 Å². The lowest BCUT2D eigenvalue weighted by molar-refractivity contribution is -0.00545. The first-order valence-electron chi connectivity index (χ1n) is 12.8. The second-order valence-electron chi connectivity index (χ2n) is 10.0. The van der Waals surface area contributed by atoms with Gasteiger partial charge in [0, 0.05) is 25.5 Å². The molecule has 0 bridgehead atoms. The molecule has 0 radical (unpaired) electrons. The molecule has 1 aliphatic carbocycles. The van der Waals surface area contributed by atoms with E-state index in [0.717, 1.165) is 32.1 Å². The minimum absolute atomic E-state index is 0.0268. The molecule has 3 aromatic rings. The van der Waals surface area contributed by atoms with Crippen molar-refractivity contribution in [3.05, 3.63) is 35.9 Å². The number of halogens is 2. The Morgan fingerprint density at radius 1 is 1.19 bits per heavy atom. The van der Waals surface area contributed by atoms with E-state index in [2.05, 4.69) is 32.3 Å². The smallest absolute Gasteiger partial charge is 0.284 e. The van der Waals surface area contributed by atoms with Crippen molar-refractivity contribution in [3.63, 3.8) is 0 Å². The van der Waals surface area contributed by atoms with Gasteiger partial charge in [-0.15, -0.1) is 0 Å². The lowest BCUT2D eigenvalue weighted by atomic mass is 9.85. The number of nitrogens with one attached hydrogen (secondary N) is 1. The second-order valence-corrected chi connectivity index (χ2v) is 10.0. The molecular weight excluding hydrogens is 468 g/mol. The van der Waals surface area contributed by atoms with Gasteiger partial charge in [0.2, 0.25) is 0 Å². The van der Waals surface area contributed by atoms with Crippen molar-refractivity contribution in [2.75, 3.05) is 23.3 Å². The van der Waals surface area contributed by atoms with E-state index in [1.165, 1.54) is 16.9 Å². The third-order valence-corrected chi connectivity index (χ3v) is 7.33. The Balaban J connectivity index is 1.38. The number of hydrogen-bond acceptors (Lipinski definition) is 6. The number of aromatic nitrogens is 5. The summed E-state index contributed by atoms with van der Waals surface area (Å²) in [5.74, 6) is 0.847. The molecule has 1 saturated heterocycles. The van der Waals surface area contributed by atoms with Crippen LogP contribution in [0.1, 0.15) is 81.4 Å². The van der Waals surface area contributed by atoms with Crippen molar-refractivity contribution in [2.45, 2.75) is 77.6 Å². The number of nitrogens with zero attached hydrogens (tertiary/aromatic N) is 6. The molecule has 2 atom stereocenters. The normalized spacial score (nSPS) is 25.0. The Labute approximate surface area is 208 Å². The fourth-order valence-electron chi connectivity index (χ4n) is 5.42. The molecular formula is C25H33F2N7O2. The van der Waals surface area contributed by atoms with Crippen LogP contribution >= 0.6 is 0 Å². The minimum atomic E-state index is -2.80. The van der Waals surface area contributed by atoms with Gasteiger partial charge < -0.3 is 15.0 Å². The molecule has 0 spiro atoms. The van der Waals surface area contributed by atoms with Gasteiger partial charge in [-0.2, -0.15) is 10.2 Å². The van der Waals surface area contributed by atoms with Gasteiger partial charge >= 0.3 is 0 Å². The number of morpholine rings is 1. The van der Waals surface area contributed by atoms with Gasteiger partial charge in [0.15, 0.2) is 11.3 Å². The van der Waals surface area contributed by atoms with Crippen molar-refractivity contribution in [2.24, 2.45) is 5.92 Å². The van der Waals surface area contributed by atoms with Crippen LogP contribution in [-0.2, 0) is 4.74 Å². The van der Waals surface area contributed by atoms with Crippen molar-refractivity contribution in [3.8, 4) is 0 Å². The summed E-state index contributed by atoms with van der Waals surface area (Å²) in [4.78, 5) is 20.0. The zero-order valence-electron chi connectivity index (χ0n) is 20.9. The Kier molecular flexibility index (Phi) is 6.92. The molecule has 1 aliphatic heterocycles. The van der Waals surface area contributed by atoms with E-state index in [0.29, 0.717) is 30.5 Å². The fourth-order valence-corrected chi connectivity index (χ4v) is 5.42. The summed E-state index contributed by atoms with van der Waals surface area (Å²) in [6.45, 7) is 7.56. The average Bonchev–Trinajstić information content (AvgIpc) is 3.47. The predicted octanol–water partition coefficient (Wildman–Crippen LogP) is 4.87. The van der Waals surface area contributed by atoms with Crippen LogP contribution < -0.4 is 10.2 Å². The van der Waals surface area contributed by atoms with Gasteiger partial charge in [-0.1, -0.05) is 13.3 Å². The van der Waals surface area contributed by atoms with Gasteiger partial charge in [0.25, 0.3) is 12.3 Å². The summed E-state index contributed by atoms with van der Waals surface area (Å²) < 4.78 is 36.6. The summed E-state index contributed by atoms with van der Waals surface area (Å²) >= 11 is 0. The number of hydrogen-bond donors (Lipinski definition) is 1. The monoisotopic (exact) mass is 501 g/mol. The molecule has 36 heavy (non-hydrogen) atoms. The Morgan fingerprint density at radius 2 is 1.92 bits per heavy atom. The van der Waals surface area contributed by atoms with Gasteiger partial charge in [-0.3, -0.25) is 9.48 Å². The van der Waals surface area contributed by atoms with Crippen LogP contribution in [0, 0.1) is 5.92 Å². The van der Waals surface area contributed by atoms with Gasteiger partial charge in [-0.05, 0) is 51.5 Å². The number of carbonyl (C=O) groups is 1. The van der Waals surface area contributed by atoms with Crippen molar-refractivity contribution in [1.29, 1.82) is 0 Å². The van der Waals surface area contributed by atoms with Crippen LogP contribution in [0.15, 0.2) is 24.7 Å². The van der Waals surface area contributed by atoms with Crippen molar-refractivity contribution < 1.29 is 18.3 Å². The highest BCUT2D eigenvalue weighted by atomic mass is 19.3. The maximum atomic E-state index is 13.8. The number of alkyl halides is 2. The zero-order valence-corrected chi connectivity index (χ0v) is 20.9. The first kappa shape index (κ1) is 24.6. The standard InChI is InChI=1S/C25H33F2N7O2/c1-4-17-5-7-18(8-6-17)34-14-20(22(31-34)23(26)27)29-25(35)19-11-28-33-10-9-21(30-24(19)33)32-12-15(2)36-16(3)13-32/h9-11,14-18,23H,4-8,12-13H2,1-3H3,(H,29,35)/t15-,16+,17?,18?. The first-order chi connectivity index (χ1) is 17.3. The highest BCUT2D eigenvalue weighted by Gasteiger charge is 2.28. The summed E-state index contributed by atoms with van der Waals surface area (Å²) in [6, 6.07) is 1.91. The van der Waals surface area contributed by atoms with Crippen LogP contribution in [-0.4, -0.2) is 55.6 Å². The molecule has 194 valence electrons. The quantitative estimate of drug-likeness (QED) is 0.518. The zero-order chi connectivity index (χ0) is 25.4. The predicted molar refractivity (Wildman–Crippen MR) is 132 cm³/mol. The molecule has 3 aromatic heterocycles. The first-order valence-corrected chi connectivity index (χ1v) is 12.8. The number of carbonyl (C=O) groups excluding carboxylic acids is 1. The molecule has 0 unspecified atom stereocenters. The molecule has 9 nitrogen and oxygen atoms in total. The topological polar surface area (TPSA) is 89.6 Å². The van der Waals surface area contributed by atoms with Crippen LogP contribution in [0.3, 0.4) is 0 Å². The molecule has 4 heterocycles. The van der Waals surface area contributed by atoms with E-state index in [1.807, 2.05) is 19.9 Å². The SMILES string of the molecule is CCC1CCC(n2cc(NC(=O)c3cnn4ccc(N5C[C@@H](C)O[C@@H](C)C5)nc34)c(C(F)F)n2)CC1. The Hall–Kier alpha value is -3.08. The molecule has 1 amide bonds. The van der Waals surface area contributed by atoms with Crippen molar-refractivity contribution >= 4 is 23.1 Å². The second kappa shape index (κ2) is 10.1. The van der Waals surface area contributed by atoms with Gasteiger partial charge in [0.05, 0.1) is 30.1 Å². The Bertz CT molecular complexity index is 1210. The van der Waals surface area contributed by atoms with E-state index >= 15 is 0 Å². The van der Waals surface area contributed by atoms with Crippen LogP contribution in [0.25, 0.3) is 5.65 Å². The number of anilines is 2. The maximum absolute atomic E-state index is 13.8. The van der Waals surface area contributed by atoms with Crippen LogP contribution in [0.4, 0.5) is 20.3 Å². The molecule has 5 rings (SSSR count). The number of ether oxygens (including phenoxy) is 1. The third-order valence-electron chi connectivity index (χ3n) is 7.33. The molecule has 1 N–H and O–H groups in total. The van der Waals surface area contributed by atoms with E-state index < -0.39 is 18.0 Å². The highest BCUT2D eigenvalue weighted by molar-refractivity contribution is 6.08. The van der Waals surface area contributed by atoms with Gasteiger partial charge in [-0.25, -0.2) is 18.3 Å². The number of rotatable bonds is 6. The maximum Gasteiger partial charge on any atom is 0.284 e. The third kappa shape index (κ3) is 4.93. The number of fused-ring (bicyclic) bond motifs is 1. The van der Waals surface area contributed by atoms with E-state index in [-0.39, 0.29) is 29.5 Å². The van der Waals surface area contributed by atoms with E-state index in [1.54, 1.807) is 10.9 Å². The van der Waals surface area contributed by atoms with Crippen molar-refractivity contribution in [1.82, 2.24) is 24.4 Å². The van der Waals surface area contributed by atoms with E-state index in [4.69, 9.17) is 4.74 Å². The van der Waals surface area contributed by atoms with Crippen LogP contribution in [0.5, 0.6) is 0 Å². The molecule has 0 aromatic carbocycles. The lowest BCUT2D eigenvalue weighted by Gasteiger charge is -2.36. The summed E-state index contributed by atoms with van der Waals surface area (Å²) in [7, 11) is 0.